The number of H-pyrrole nitrogens is 1. The zero-order chi connectivity index (χ0) is 24.7. The number of aromatic amines is 1. The molecule has 3 nitrogen and oxygen atoms in total. The largest absolute Gasteiger partial charge is 0.342 e. The molecule has 1 aromatic heterocycles. The van der Waals surface area contributed by atoms with E-state index in [1.807, 2.05) is 48.5 Å². The first kappa shape index (κ1) is 23.5. The Hall–Kier alpha value is -4.24. The number of carbonyl (C=O) groups is 1. The van der Waals surface area contributed by atoms with Crippen molar-refractivity contribution < 1.29 is 4.79 Å². The van der Waals surface area contributed by atoms with Crippen LogP contribution in [0.5, 0.6) is 0 Å². The standard InChI is InChI=1S/C33H29N2O/c1-24-28(22-32(36)33-34-23-31(35-33)27-15-9-4-10-16-27)18-19-29(21-26-13-7-3-8-14-26)30(24)20-17-25-11-5-2-6-12-25/h2-16,18,23H,17,20-22H2,1H3,(H,34,35). The zero-order valence-electron chi connectivity index (χ0n) is 20.5. The van der Waals surface area contributed by atoms with Gasteiger partial charge in [-0.05, 0) is 65.6 Å². The van der Waals surface area contributed by atoms with E-state index in [-0.39, 0.29) is 5.78 Å². The summed E-state index contributed by atoms with van der Waals surface area (Å²) in [5.74, 6) is 0.381. The van der Waals surface area contributed by atoms with E-state index in [2.05, 4.69) is 71.5 Å². The van der Waals surface area contributed by atoms with Gasteiger partial charge in [-0.25, -0.2) is 4.98 Å². The van der Waals surface area contributed by atoms with Crippen molar-refractivity contribution in [2.75, 3.05) is 0 Å². The second kappa shape index (κ2) is 11.0. The average molecular weight is 470 g/mol. The molecule has 0 bridgehead atoms. The van der Waals surface area contributed by atoms with Gasteiger partial charge in [0.2, 0.25) is 5.78 Å². The van der Waals surface area contributed by atoms with E-state index in [0.29, 0.717) is 12.2 Å². The van der Waals surface area contributed by atoms with Crippen molar-refractivity contribution in [3.05, 3.63) is 149 Å². The molecule has 4 aromatic carbocycles. The number of nitrogens with one attached hydrogen (secondary N) is 1. The molecule has 0 amide bonds. The first-order chi connectivity index (χ1) is 17.7. The van der Waals surface area contributed by atoms with Crippen molar-refractivity contribution >= 4 is 5.78 Å². The molecule has 0 saturated carbocycles. The Balaban J connectivity index is 1.40. The van der Waals surface area contributed by atoms with Crippen LogP contribution in [0.15, 0.2) is 103 Å². The van der Waals surface area contributed by atoms with Gasteiger partial charge in [-0.1, -0.05) is 97.1 Å². The number of hydrogen-bond donors (Lipinski definition) is 1. The second-order valence-electron chi connectivity index (χ2n) is 9.14. The van der Waals surface area contributed by atoms with Crippen molar-refractivity contribution in [2.24, 2.45) is 0 Å². The van der Waals surface area contributed by atoms with E-state index in [1.165, 1.54) is 27.8 Å². The number of Topliss-reactive ketones (excluding diaryl/α,β-unsaturated/α-hetero) is 1. The van der Waals surface area contributed by atoms with Crippen LogP contribution in [0.25, 0.3) is 11.3 Å². The Morgan fingerprint density at radius 2 is 1.47 bits per heavy atom. The van der Waals surface area contributed by atoms with Crippen LogP contribution in [0.4, 0.5) is 0 Å². The lowest BCUT2D eigenvalue weighted by Gasteiger charge is -2.16. The second-order valence-corrected chi connectivity index (χ2v) is 9.14. The Kier molecular flexibility index (Phi) is 7.18. The van der Waals surface area contributed by atoms with Crippen LogP contribution < -0.4 is 0 Å². The number of carbonyl (C=O) groups excluding carboxylic acids is 1. The number of aromatic nitrogens is 2. The number of aryl methyl sites for hydroxylation is 1. The van der Waals surface area contributed by atoms with Crippen molar-refractivity contribution in [3.63, 3.8) is 0 Å². The van der Waals surface area contributed by atoms with Gasteiger partial charge in [-0.15, -0.1) is 0 Å². The van der Waals surface area contributed by atoms with Gasteiger partial charge < -0.3 is 4.98 Å². The highest BCUT2D eigenvalue weighted by molar-refractivity contribution is 5.95. The summed E-state index contributed by atoms with van der Waals surface area (Å²) in [6.07, 6.45) is 4.80. The summed E-state index contributed by atoms with van der Waals surface area (Å²) in [5, 5.41) is 0. The molecule has 177 valence electrons. The van der Waals surface area contributed by atoms with Crippen LogP contribution >= 0.6 is 0 Å². The lowest BCUT2D eigenvalue weighted by atomic mass is 9.88. The van der Waals surface area contributed by atoms with Gasteiger partial charge in [0.15, 0.2) is 5.82 Å². The average Bonchev–Trinajstić information content (AvgIpc) is 3.42. The number of ketones is 1. The molecule has 5 aromatic rings. The molecular formula is C33H29N2O. The molecule has 0 aliphatic carbocycles. The molecule has 3 heteroatoms. The fourth-order valence-corrected chi connectivity index (χ4v) is 4.66. The molecule has 0 atom stereocenters. The van der Waals surface area contributed by atoms with E-state index in [9.17, 15) is 4.79 Å². The molecule has 1 radical (unpaired) electrons. The van der Waals surface area contributed by atoms with E-state index in [4.69, 9.17) is 0 Å². The quantitative estimate of drug-likeness (QED) is 0.237. The van der Waals surface area contributed by atoms with Crippen LogP contribution in [0.1, 0.15) is 44.0 Å². The van der Waals surface area contributed by atoms with Crippen LogP contribution in [0, 0.1) is 13.0 Å². The fourth-order valence-electron chi connectivity index (χ4n) is 4.66. The molecule has 5 rings (SSSR count). The highest BCUT2D eigenvalue weighted by Gasteiger charge is 2.17. The maximum Gasteiger partial charge on any atom is 0.202 e. The summed E-state index contributed by atoms with van der Waals surface area (Å²) in [4.78, 5) is 20.8. The first-order valence-electron chi connectivity index (χ1n) is 12.4. The van der Waals surface area contributed by atoms with Gasteiger partial charge in [0.25, 0.3) is 0 Å². The van der Waals surface area contributed by atoms with Gasteiger partial charge in [-0.3, -0.25) is 4.79 Å². The van der Waals surface area contributed by atoms with E-state index < -0.39 is 0 Å². The summed E-state index contributed by atoms with van der Waals surface area (Å²) in [6, 6.07) is 36.5. The minimum Gasteiger partial charge on any atom is -0.342 e. The highest BCUT2D eigenvalue weighted by atomic mass is 16.1. The number of imidazole rings is 1. The lowest BCUT2D eigenvalue weighted by molar-refractivity contribution is 0.0984. The summed E-state index contributed by atoms with van der Waals surface area (Å²) in [6.45, 7) is 2.14. The predicted molar refractivity (Wildman–Crippen MR) is 145 cm³/mol. The van der Waals surface area contributed by atoms with Gasteiger partial charge in [0, 0.05) is 18.2 Å². The summed E-state index contributed by atoms with van der Waals surface area (Å²) < 4.78 is 0. The predicted octanol–water partition coefficient (Wildman–Crippen LogP) is 6.99. The smallest absolute Gasteiger partial charge is 0.202 e. The van der Waals surface area contributed by atoms with Gasteiger partial charge in [-0.2, -0.15) is 0 Å². The Labute approximate surface area is 212 Å². The van der Waals surface area contributed by atoms with Crippen LogP contribution in [-0.4, -0.2) is 15.8 Å². The van der Waals surface area contributed by atoms with Crippen LogP contribution in [-0.2, 0) is 25.7 Å². The molecule has 1 heterocycles. The van der Waals surface area contributed by atoms with E-state index in [0.717, 1.165) is 36.1 Å². The maximum absolute atomic E-state index is 13.2. The molecule has 0 unspecified atom stereocenters. The topological polar surface area (TPSA) is 45.8 Å². The van der Waals surface area contributed by atoms with E-state index >= 15 is 0 Å². The Morgan fingerprint density at radius 3 is 2.17 bits per heavy atom. The highest BCUT2D eigenvalue weighted by Crippen LogP contribution is 2.25. The third-order valence-corrected chi connectivity index (χ3v) is 6.71. The number of nitrogens with zero attached hydrogens (tertiary/aromatic N) is 1. The van der Waals surface area contributed by atoms with Gasteiger partial charge in [0.1, 0.15) is 0 Å². The molecule has 0 aliphatic heterocycles. The summed E-state index contributed by atoms with van der Waals surface area (Å²) >= 11 is 0. The Bertz CT molecular complexity index is 1440. The summed E-state index contributed by atoms with van der Waals surface area (Å²) in [7, 11) is 0. The van der Waals surface area contributed by atoms with E-state index in [1.54, 1.807) is 6.20 Å². The van der Waals surface area contributed by atoms with Crippen LogP contribution in [0.3, 0.4) is 0 Å². The molecule has 0 spiro atoms. The van der Waals surface area contributed by atoms with Crippen molar-refractivity contribution in [2.45, 2.75) is 32.6 Å². The SMILES string of the molecule is Cc1c(CC(=O)c2nc(-c3ccccc3)c[nH]2)c[c]c(Cc2ccccc2)c1CCc1ccccc1. The molecule has 0 aliphatic rings. The fraction of sp³-hybridized carbons (Fsp3) is 0.152. The minimum absolute atomic E-state index is 0.0153. The maximum atomic E-state index is 13.2. The molecule has 0 saturated heterocycles. The van der Waals surface area contributed by atoms with Gasteiger partial charge in [0.05, 0.1) is 5.69 Å². The zero-order valence-corrected chi connectivity index (χ0v) is 20.5. The molecule has 1 N–H and O–H groups in total. The number of benzene rings is 4. The van der Waals surface area contributed by atoms with Gasteiger partial charge >= 0.3 is 0 Å². The normalized spacial score (nSPS) is 10.9. The molecular weight excluding hydrogens is 440 g/mol. The lowest BCUT2D eigenvalue weighted by Crippen LogP contribution is -2.10. The van der Waals surface area contributed by atoms with Crippen molar-refractivity contribution in [3.8, 4) is 11.3 Å². The Morgan fingerprint density at radius 1 is 0.833 bits per heavy atom. The molecule has 36 heavy (non-hydrogen) atoms. The number of hydrogen-bond acceptors (Lipinski definition) is 2. The van der Waals surface area contributed by atoms with Crippen molar-refractivity contribution in [1.29, 1.82) is 0 Å². The monoisotopic (exact) mass is 469 g/mol. The van der Waals surface area contributed by atoms with Crippen molar-refractivity contribution in [1.82, 2.24) is 9.97 Å². The van der Waals surface area contributed by atoms with Crippen LogP contribution in [0.2, 0.25) is 0 Å². The third-order valence-electron chi connectivity index (χ3n) is 6.71. The number of rotatable bonds is 9. The summed E-state index contributed by atoms with van der Waals surface area (Å²) in [5.41, 5.74) is 9.04. The minimum atomic E-state index is -0.0153. The first-order valence-corrected chi connectivity index (χ1v) is 12.4. The molecule has 0 fully saturated rings. The third kappa shape index (κ3) is 5.52.